The second kappa shape index (κ2) is 13.1. The van der Waals surface area contributed by atoms with Crippen molar-refractivity contribution in [1.29, 1.82) is 0 Å². The SMILES string of the molecule is COC(=O)N1CCC(c2csc(Nc3ncc(Sc4ccccn4)cc3Sc3ccccc3)n2)CC1.Cl. The highest BCUT2D eigenvalue weighted by Crippen LogP contribution is 2.38. The number of hydrogen-bond donors (Lipinski definition) is 1. The Balaban J connectivity index is 0.00000320. The number of thiazole rings is 1. The van der Waals surface area contributed by atoms with Gasteiger partial charge in [-0.05, 0) is 43.2 Å². The van der Waals surface area contributed by atoms with E-state index >= 15 is 0 Å². The number of pyridine rings is 2. The number of rotatable bonds is 7. The maximum absolute atomic E-state index is 11.8. The van der Waals surface area contributed by atoms with Crippen molar-refractivity contribution in [3.05, 3.63) is 78.1 Å². The quantitative estimate of drug-likeness (QED) is 0.247. The molecule has 37 heavy (non-hydrogen) atoms. The topological polar surface area (TPSA) is 80.2 Å². The van der Waals surface area contributed by atoms with Gasteiger partial charge in [0.1, 0.15) is 10.8 Å². The van der Waals surface area contributed by atoms with Crippen molar-refractivity contribution >= 4 is 64.3 Å². The van der Waals surface area contributed by atoms with Gasteiger partial charge in [-0.2, -0.15) is 0 Å². The predicted octanol–water partition coefficient (Wildman–Crippen LogP) is 7.35. The van der Waals surface area contributed by atoms with Crippen LogP contribution in [0.15, 0.2) is 92.1 Å². The molecule has 4 aromatic rings. The van der Waals surface area contributed by atoms with Gasteiger partial charge < -0.3 is 15.0 Å². The summed E-state index contributed by atoms with van der Waals surface area (Å²) in [6.07, 6.45) is 5.17. The molecule has 1 aliphatic rings. The highest BCUT2D eigenvalue weighted by Gasteiger charge is 2.26. The van der Waals surface area contributed by atoms with Gasteiger partial charge in [0.05, 0.1) is 17.7 Å². The van der Waals surface area contributed by atoms with E-state index < -0.39 is 0 Å². The molecule has 1 fully saturated rings. The number of halogens is 1. The van der Waals surface area contributed by atoms with E-state index in [2.05, 4.69) is 33.9 Å². The van der Waals surface area contributed by atoms with Crippen LogP contribution in [0.1, 0.15) is 24.5 Å². The van der Waals surface area contributed by atoms with E-state index in [1.807, 2.05) is 42.6 Å². The average molecular weight is 572 g/mol. The van der Waals surface area contributed by atoms with Crippen LogP contribution in [0, 0.1) is 0 Å². The fourth-order valence-electron chi connectivity index (χ4n) is 3.92. The first-order valence-electron chi connectivity index (χ1n) is 11.5. The lowest BCUT2D eigenvalue weighted by Gasteiger charge is -2.30. The average Bonchev–Trinajstić information content (AvgIpc) is 3.39. The summed E-state index contributed by atoms with van der Waals surface area (Å²) in [4.78, 5) is 30.7. The Morgan fingerprint density at radius 1 is 1.05 bits per heavy atom. The molecule has 0 unspecified atom stereocenters. The Labute approximate surface area is 234 Å². The molecule has 192 valence electrons. The molecule has 4 heterocycles. The van der Waals surface area contributed by atoms with Gasteiger partial charge in [0.15, 0.2) is 5.13 Å². The summed E-state index contributed by atoms with van der Waals surface area (Å²) in [5, 5.41) is 7.29. The molecule has 1 aliphatic heterocycles. The molecular weight excluding hydrogens is 546 g/mol. The van der Waals surface area contributed by atoms with E-state index in [1.165, 1.54) is 7.11 Å². The van der Waals surface area contributed by atoms with Crippen molar-refractivity contribution in [3.8, 4) is 0 Å². The van der Waals surface area contributed by atoms with E-state index in [1.54, 1.807) is 46.0 Å². The van der Waals surface area contributed by atoms with Crippen molar-refractivity contribution in [2.24, 2.45) is 0 Å². The fourth-order valence-corrected chi connectivity index (χ4v) is 6.50. The second-order valence-corrected chi connectivity index (χ2v) is 11.2. The molecule has 0 radical (unpaired) electrons. The summed E-state index contributed by atoms with van der Waals surface area (Å²) in [6, 6.07) is 18.3. The first-order chi connectivity index (χ1) is 17.7. The fraction of sp³-hybridized carbons (Fsp3) is 0.231. The Kier molecular flexibility index (Phi) is 9.68. The zero-order valence-electron chi connectivity index (χ0n) is 20.1. The van der Waals surface area contributed by atoms with Crippen LogP contribution in [0.25, 0.3) is 0 Å². The van der Waals surface area contributed by atoms with Gasteiger partial charge in [-0.15, -0.1) is 23.7 Å². The molecule has 11 heteroatoms. The summed E-state index contributed by atoms with van der Waals surface area (Å²) < 4.78 is 4.85. The number of nitrogens with one attached hydrogen (secondary N) is 1. The molecule has 0 aliphatic carbocycles. The van der Waals surface area contributed by atoms with Gasteiger partial charge in [-0.1, -0.05) is 47.8 Å². The molecule has 3 aromatic heterocycles. The molecular formula is C26H26ClN5O2S3. The molecule has 1 saturated heterocycles. The largest absolute Gasteiger partial charge is 0.453 e. The number of amides is 1. The molecule has 7 nitrogen and oxygen atoms in total. The lowest BCUT2D eigenvalue weighted by Crippen LogP contribution is -2.37. The van der Waals surface area contributed by atoms with Crippen LogP contribution in [-0.4, -0.2) is 46.1 Å². The maximum Gasteiger partial charge on any atom is 0.409 e. The summed E-state index contributed by atoms with van der Waals surface area (Å²) >= 11 is 4.84. The third kappa shape index (κ3) is 7.16. The minimum absolute atomic E-state index is 0. The van der Waals surface area contributed by atoms with E-state index in [9.17, 15) is 4.79 Å². The monoisotopic (exact) mass is 571 g/mol. The number of hydrogen-bond acceptors (Lipinski definition) is 9. The van der Waals surface area contributed by atoms with Crippen LogP contribution < -0.4 is 5.32 Å². The van der Waals surface area contributed by atoms with Crippen LogP contribution in [0.4, 0.5) is 15.7 Å². The lowest BCUT2D eigenvalue weighted by molar-refractivity contribution is 0.112. The molecule has 0 spiro atoms. The molecule has 0 bridgehead atoms. The summed E-state index contributed by atoms with van der Waals surface area (Å²) in [6.45, 7) is 1.37. The van der Waals surface area contributed by atoms with Crippen molar-refractivity contribution in [2.45, 2.75) is 38.5 Å². The number of ether oxygens (including phenoxy) is 1. The van der Waals surface area contributed by atoms with Gasteiger partial charge >= 0.3 is 6.09 Å². The van der Waals surface area contributed by atoms with E-state index in [4.69, 9.17) is 14.7 Å². The Bertz CT molecular complexity index is 1300. The second-order valence-electron chi connectivity index (χ2n) is 8.14. The summed E-state index contributed by atoms with van der Waals surface area (Å²) in [5.41, 5.74) is 1.06. The van der Waals surface area contributed by atoms with Crippen molar-refractivity contribution < 1.29 is 9.53 Å². The number of carbonyl (C=O) groups is 1. The minimum Gasteiger partial charge on any atom is -0.453 e. The predicted molar refractivity (Wildman–Crippen MR) is 152 cm³/mol. The number of piperidine rings is 1. The maximum atomic E-state index is 11.8. The first kappa shape index (κ1) is 27.3. The molecule has 0 atom stereocenters. The van der Waals surface area contributed by atoms with Crippen LogP contribution in [0.5, 0.6) is 0 Å². The smallest absolute Gasteiger partial charge is 0.409 e. The van der Waals surface area contributed by atoms with Crippen molar-refractivity contribution in [2.75, 3.05) is 25.5 Å². The van der Waals surface area contributed by atoms with Crippen LogP contribution in [0.2, 0.25) is 0 Å². The Hall–Kier alpha value is -2.79. The molecule has 1 aromatic carbocycles. The molecule has 1 N–H and O–H groups in total. The molecule has 5 rings (SSSR count). The van der Waals surface area contributed by atoms with Gasteiger partial charge in [0, 0.05) is 46.6 Å². The number of methoxy groups -OCH3 is 1. The third-order valence-corrected chi connectivity index (χ3v) is 8.48. The van der Waals surface area contributed by atoms with Gasteiger partial charge in [0.25, 0.3) is 0 Å². The van der Waals surface area contributed by atoms with Crippen LogP contribution >= 0.6 is 47.3 Å². The normalized spacial score (nSPS) is 13.6. The Morgan fingerprint density at radius 3 is 2.57 bits per heavy atom. The highest BCUT2D eigenvalue weighted by atomic mass is 35.5. The number of nitrogens with zero attached hydrogens (tertiary/aromatic N) is 4. The highest BCUT2D eigenvalue weighted by molar-refractivity contribution is 8.00. The zero-order chi connectivity index (χ0) is 24.7. The molecule has 0 saturated carbocycles. The van der Waals surface area contributed by atoms with Gasteiger partial charge in [-0.3, -0.25) is 0 Å². The number of likely N-dealkylation sites (tertiary alicyclic amines) is 1. The number of aromatic nitrogens is 3. The first-order valence-corrected chi connectivity index (χ1v) is 14.1. The van der Waals surface area contributed by atoms with E-state index in [0.717, 1.165) is 49.2 Å². The zero-order valence-corrected chi connectivity index (χ0v) is 23.3. The van der Waals surface area contributed by atoms with Crippen molar-refractivity contribution in [3.63, 3.8) is 0 Å². The standard InChI is InChI=1S/C26H25N5O2S3.ClH/c1-33-26(32)31-13-10-18(11-14-31)21-17-34-25(29-21)30-24-22(35-19-7-3-2-4-8-19)15-20(16-28-24)36-23-9-5-6-12-27-23;/h2-9,12,15-18H,10-11,13-14H2,1H3,(H,28,29,30);1H. The van der Waals surface area contributed by atoms with Crippen molar-refractivity contribution in [1.82, 2.24) is 19.9 Å². The summed E-state index contributed by atoms with van der Waals surface area (Å²) in [5.74, 6) is 1.11. The number of anilines is 2. The Morgan fingerprint density at radius 2 is 1.84 bits per heavy atom. The van der Waals surface area contributed by atoms with Crippen LogP contribution in [0.3, 0.4) is 0 Å². The summed E-state index contributed by atoms with van der Waals surface area (Å²) in [7, 11) is 1.43. The number of carbonyl (C=O) groups excluding carboxylic acids is 1. The van der Waals surface area contributed by atoms with E-state index in [0.29, 0.717) is 19.0 Å². The number of benzene rings is 1. The minimum atomic E-state index is -0.256. The van der Waals surface area contributed by atoms with Crippen LogP contribution in [-0.2, 0) is 4.74 Å². The molecule has 1 amide bonds. The third-order valence-electron chi connectivity index (χ3n) is 5.75. The lowest BCUT2D eigenvalue weighted by atomic mass is 9.94. The van der Waals surface area contributed by atoms with Gasteiger partial charge in [-0.25, -0.2) is 19.7 Å². The van der Waals surface area contributed by atoms with Gasteiger partial charge in [0.2, 0.25) is 0 Å². The van der Waals surface area contributed by atoms with E-state index in [-0.39, 0.29) is 18.5 Å².